The van der Waals surface area contributed by atoms with E-state index in [2.05, 4.69) is 16.0 Å². The Morgan fingerprint density at radius 1 is 0.960 bits per heavy atom. The summed E-state index contributed by atoms with van der Waals surface area (Å²) in [6, 6.07) is 4.32. The van der Waals surface area contributed by atoms with Crippen LogP contribution in [0.15, 0.2) is 18.2 Å². The molecule has 8 nitrogen and oxygen atoms in total. The van der Waals surface area contributed by atoms with Crippen LogP contribution >= 0.6 is 0 Å². The van der Waals surface area contributed by atoms with Crippen molar-refractivity contribution in [3.8, 4) is 0 Å². The average molecular weight is 349 g/mol. The van der Waals surface area contributed by atoms with Gasteiger partial charge in [-0.05, 0) is 24.6 Å². The summed E-state index contributed by atoms with van der Waals surface area (Å²) in [6.45, 7) is 4.77. The molecule has 0 aliphatic heterocycles. The first kappa shape index (κ1) is 20.1. The van der Waals surface area contributed by atoms with E-state index in [-0.39, 0.29) is 23.3 Å². The maximum absolute atomic E-state index is 12.1. The molecule has 0 aliphatic rings. The molecular weight excluding hydrogens is 326 g/mol. The van der Waals surface area contributed by atoms with Crippen molar-refractivity contribution in [1.82, 2.24) is 5.32 Å². The molecule has 1 aromatic rings. The molecule has 0 aromatic heterocycles. The highest BCUT2D eigenvalue weighted by atomic mass is 16.5. The Morgan fingerprint density at radius 3 is 2.00 bits per heavy atom. The number of esters is 1. The maximum Gasteiger partial charge on any atom is 0.338 e. The normalized spacial score (nSPS) is 9.88. The molecule has 0 atom stereocenters. The lowest BCUT2D eigenvalue weighted by molar-refractivity contribution is -0.124. The molecule has 25 heavy (non-hydrogen) atoms. The van der Waals surface area contributed by atoms with Gasteiger partial charge < -0.3 is 20.7 Å². The van der Waals surface area contributed by atoms with Crippen molar-refractivity contribution >= 4 is 35.1 Å². The van der Waals surface area contributed by atoms with Gasteiger partial charge in [0.2, 0.25) is 11.8 Å². The minimum Gasteiger partial charge on any atom is -0.452 e. The zero-order chi connectivity index (χ0) is 18.8. The topological polar surface area (TPSA) is 114 Å². The Balaban J connectivity index is 2.79. The van der Waals surface area contributed by atoms with Gasteiger partial charge >= 0.3 is 5.97 Å². The van der Waals surface area contributed by atoms with Gasteiger partial charge in [-0.3, -0.25) is 14.4 Å². The third-order valence-electron chi connectivity index (χ3n) is 3.00. The van der Waals surface area contributed by atoms with Gasteiger partial charge in [-0.25, -0.2) is 4.79 Å². The first-order chi connectivity index (χ1) is 11.8. The smallest absolute Gasteiger partial charge is 0.338 e. The summed E-state index contributed by atoms with van der Waals surface area (Å²) in [5, 5.41) is 7.71. The number of rotatable bonds is 8. The van der Waals surface area contributed by atoms with Crippen LogP contribution in [0, 0.1) is 0 Å². The van der Waals surface area contributed by atoms with Crippen LogP contribution < -0.4 is 16.0 Å². The predicted molar refractivity (Wildman–Crippen MR) is 93.2 cm³/mol. The van der Waals surface area contributed by atoms with Crippen LogP contribution in [0.4, 0.5) is 11.4 Å². The number of carbonyl (C=O) groups is 4. The van der Waals surface area contributed by atoms with Gasteiger partial charge in [-0.15, -0.1) is 0 Å². The average Bonchev–Trinajstić information content (AvgIpc) is 2.51. The van der Waals surface area contributed by atoms with E-state index in [1.54, 1.807) is 0 Å². The van der Waals surface area contributed by atoms with Crippen LogP contribution in [0.1, 0.15) is 44.0 Å². The van der Waals surface area contributed by atoms with Crippen molar-refractivity contribution in [2.45, 2.75) is 33.6 Å². The summed E-state index contributed by atoms with van der Waals surface area (Å²) in [4.78, 5) is 46.1. The first-order valence-corrected chi connectivity index (χ1v) is 7.96. The quantitative estimate of drug-likeness (QED) is 0.488. The molecule has 0 fully saturated rings. The van der Waals surface area contributed by atoms with Gasteiger partial charge in [0.05, 0.1) is 5.56 Å². The number of anilines is 2. The van der Waals surface area contributed by atoms with E-state index in [1.807, 2.05) is 6.92 Å². The Bertz CT molecular complexity index is 623. The van der Waals surface area contributed by atoms with Crippen molar-refractivity contribution in [3.05, 3.63) is 23.8 Å². The summed E-state index contributed by atoms with van der Waals surface area (Å²) in [6.07, 6.45) is 1.79. The number of hydrogen-bond donors (Lipinski definition) is 3. The number of hydrogen-bond acceptors (Lipinski definition) is 5. The molecule has 3 N–H and O–H groups in total. The van der Waals surface area contributed by atoms with Gasteiger partial charge in [0.15, 0.2) is 6.61 Å². The van der Waals surface area contributed by atoms with Gasteiger partial charge in [-0.1, -0.05) is 13.3 Å². The lowest BCUT2D eigenvalue weighted by Gasteiger charge is -2.11. The predicted octanol–water partition coefficient (Wildman–Crippen LogP) is 1.68. The molecule has 0 heterocycles. The molecule has 0 saturated heterocycles. The number of nitrogens with one attached hydrogen (secondary N) is 3. The summed E-state index contributed by atoms with van der Waals surface area (Å²) in [5.74, 6) is -1.77. The van der Waals surface area contributed by atoms with E-state index in [9.17, 15) is 19.2 Å². The van der Waals surface area contributed by atoms with Crippen LogP contribution in [0.25, 0.3) is 0 Å². The summed E-state index contributed by atoms with van der Waals surface area (Å²) < 4.78 is 4.96. The largest absolute Gasteiger partial charge is 0.452 e. The second-order valence-electron chi connectivity index (χ2n) is 5.44. The third kappa shape index (κ3) is 7.96. The van der Waals surface area contributed by atoms with E-state index in [4.69, 9.17) is 4.74 Å². The number of carbonyl (C=O) groups excluding carboxylic acids is 4. The van der Waals surface area contributed by atoms with Crippen LogP contribution in [0.3, 0.4) is 0 Å². The lowest BCUT2D eigenvalue weighted by atomic mass is 10.1. The molecular formula is C17H23N3O5. The molecule has 8 heteroatoms. The lowest BCUT2D eigenvalue weighted by Crippen LogP contribution is -2.29. The fraction of sp³-hybridized carbons (Fsp3) is 0.412. The highest BCUT2D eigenvalue weighted by Crippen LogP contribution is 2.20. The van der Waals surface area contributed by atoms with E-state index in [1.165, 1.54) is 32.0 Å². The number of amides is 3. The Labute approximate surface area is 146 Å². The Kier molecular flexibility index (Phi) is 8.11. The van der Waals surface area contributed by atoms with Crippen molar-refractivity contribution in [2.24, 2.45) is 0 Å². The highest BCUT2D eigenvalue weighted by molar-refractivity contribution is 5.98. The zero-order valence-electron chi connectivity index (χ0n) is 14.6. The third-order valence-corrected chi connectivity index (χ3v) is 3.00. The van der Waals surface area contributed by atoms with E-state index in [0.29, 0.717) is 17.9 Å². The molecule has 0 saturated carbocycles. The first-order valence-electron chi connectivity index (χ1n) is 7.96. The van der Waals surface area contributed by atoms with Crippen LogP contribution in [-0.2, 0) is 19.1 Å². The molecule has 136 valence electrons. The zero-order valence-corrected chi connectivity index (χ0v) is 14.6. The second kappa shape index (κ2) is 10.1. The van der Waals surface area contributed by atoms with Gasteiger partial charge in [-0.2, -0.15) is 0 Å². The molecule has 0 spiro atoms. The summed E-state index contributed by atoms with van der Waals surface area (Å²) in [7, 11) is 0. The molecule has 0 aliphatic carbocycles. The number of ether oxygens (including phenoxy) is 1. The Hall–Kier alpha value is -2.90. The monoisotopic (exact) mass is 349 g/mol. The van der Waals surface area contributed by atoms with Crippen LogP contribution in [0.2, 0.25) is 0 Å². The SMILES string of the molecule is CCCCNC(=O)COC(=O)c1cc(NC(C)=O)cc(NC(C)=O)c1. The highest BCUT2D eigenvalue weighted by Gasteiger charge is 2.13. The van der Waals surface area contributed by atoms with Crippen LogP contribution in [-0.4, -0.2) is 36.8 Å². The summed E-state index contributed by atoms with van der Waals surface area (Å²) in [5.41, 5.74) is 0.771. The molecule has 0 radical (unpaired) electrons. The van der Waals surface area contributed by atoms with Crippen molar-refractivity contribution in [2.75, 3.05) is 23.8 Å². The van der Waals surface area contributed by atoms with Gasteiger partial charge in [0, 0.05) is 31.8 Å². The van der Waals surface area contributed by atoms with Crippen molar-refractivity contribution < 1.29 is 23.9 Å². The fourth-order valence-corrected chi connectivity index (χ4v) is 1.97. The molecule has 0 unspecified atom stereocenters. The minimum atomic E-state index is -0.732. The maximum atomic E-state index is 12.1. The van der Waals surface area contributed by atoms with Gasteiger partial charge in [0.25, 0.3) is 5.91 Å². The van der Waals surface area contributed by atoms with Crippen molar-refractivity contribution in [1.29, 1.82) is 0 Å². The van der Waals surface area contributed by atoms with Crippen LogP contribution in [0.5, 0.6) is 0 Å². The van der Waals surface area contributed by atoms with Crippen molar-refractivity contribution in [3.63, 3.8) is 0 Å². The number of benzene rings is 1. The Morgan fingerprint density at radius 2 is 1.52 bits per heavy atom. The van der Waals surface area contributed by atoms with Gasteiger partial charge in [0.1, 0.15) is 0 Å². The minimum absolute atomic E-state index is 0.108. The number of unbranched alkanes of at least 4 members (excludes halogenated alkanes) is 1. The van der Waals surface area contributed by atoms with E-state index < -0.39 is 12.6 Å². The standard InChI is InChI=1S/C17H23N3O5/c1-4-5-6-18-16(23)10-25-17(24)13-7-14(19-11(2)21)9-15(8-13)20-12(3)22/h7-9H,4-6,10H2,1-3H3,(H,18,23)(H,19,21)(H,20,22). The molecule has 3 amide bonds. The molecule has 1 rings (SSSR count). The second-order valence-corrected chi connectivity index (χ2v) is 5.44. The molecule has 1 aromatic carbocycles. The van der Waals surface area contributed by atoms with E-state index in [0.717, 1.165) is 12.8 Å². The fourth-order valence-electron chi connectivity index (χ4n) is 1.97. The molecule has 0 bridgehead atoms. The summed E-state index contributed by atoms with van der Waals surface area (Å²) >= 11 is 0. The van der Waals surface area contributed by atoms with E-state index >= 15 is 0 Å².